The molecule has 0 amide bonds. The van der Waals surface area contributed by atoms with Crippen LogP contribution in [0.3, 0.4) is 0 Å². The maximum absolute atomic E-state index is 4.45. The molecule has 4 nitrogen and oxygen atoms in total. The van der Waals surface area contributed by atoms with Crippen LogP contribution in [-0.2, 0) is 6.42 Å². The van der Waals surface area contributed by atoms with Gasteiger partial charge in [-0.15, -0.1) is 0 Å². The standard InChI is InChI=1S/C18H15BrN4/c19-14-5-3-6-15(10-14)22-17-11-18(21-12-20-17)23-9-8-13-4-1-2-7-16(13)23/h1-7,10-12H,8-9H2,(H,20,21,22). The molecule has 3 aromatic rings. The van der Waals surface area contributed by atoms with Gasteiger partial charge in [-0.25, -0.2) is 9.97 Å². The Morgan fingerprint density at radius 2 is 1.91 bits per heavy atom. The fourth-order valence-corrected chi connectivity index (χ4v) is 3.25. The SMILES string of the molecule is Brc1cccc(Nc2cc(N3CCc4ccccc43)ncn2)c1. The number of fused-ring (bicyclic) bond motifs is 1. The molecule has 23 heavy (non-hydrogen) atoms. The van der Waals surface area contributed by atoms with E-state index in [-0.39, 0.29) is 0 Å². The fraction of sp³-hybridized carbons (Fsp3) is 0.111. The van der Waals surface area contributed by atoms with E-state index in [9.17, 15) is 0 Å². The third-order valence-corrected chi connectivity index (χ3v) is 4.41. The van der Waals surface area contributed by atoms with Crippen molar-refractivity contribution in [2.45, 2.75) is 6.42 Å². The highest BCUT2D eigenvalue weighted by Crippen LogP contribution is 2.33. The van der Waals surface area contributed by atoms with Gasteiger partial charge in [0.05, 0.1) is 0 Å². The zero-order chi connectivity index (χ0) is 15.6. The van der Waals surface area contributed by atoms with Crippen LogP contribution >= 0.6 is 15.9 Å². The Morgan fingerprint density at radius 1 is 1.00 bits per heavy atom. The lowest BCUT2D eigenvalue weighted by Crippen LogP contribution is -2.15. The molecule has 0 atom stereocenters. The van der Waals surface area contributed by atoms with Crippen LogP contribution in [0.15, 0.2) is 65.4 Å². The highest BCUT2D eigenvalue weighted by atomic mass is 79.9. The molecule has 1 aliphatic rings. The molecule has 0 bridgehead atoms. The van der Waals surface area contributed by atoms with Crippen molar-refractivity contribution >= 4 is 38.9 Å². The molecule has 2 aromatic carbocycles. The zero-order valence-electron chi connectivity index (χ0n) is 12.4. The first-order valence-corrected chi connectivity index (χ1v) is 8.29. The van der Waals surface area contributed by atoms with Gasteiger partial charge in [0.1, 0.15) is 18.0 Å². The largest absolute Gasteiger partial charge is 0.340 e. The maximum atomic E-state index is 4.45. The van der Waals surface area contributed by atoms with Crippen LogP contribution in [0, 0.1) is 0 Å². The van der Waals surface area contributed by atoms with Gasteiger partial charge in [-0.05, 0) is 36.2 Å². The van der Waals surface area contributed by atoms with Crippen LogP contribution in [0.25, 0.3) is 0 Å². The average Bonchev–Trinajstić information content (AvgIpc) is 2.99. The van der Waals surface area contributed by atoms with E-state index in [4.69, 9.17) is 0 Å². The van der Waals surface area contributed by atoms with Gasteiger partial charge in [-0.1, -0.05) is 40.2 Å². The van der Waals surface area contributed by atoms with E-state index in [0.29, 0.717) is 0 Å². The second kappa shape index (κ2) is 6.01. The van der Waals surface area contributed by atoms with E-state index in [1.165, 1.54) is 11.3 Å². The summed E-state index contributed by atoms with van der Waals surface area (Å²) in [7, 11) is 0. The molecule has 114 valence electrons. The molecule has 0 saturated carbocycles. The number of nitrogens with one attached hydrogen (secondary N) is 1. The molecule has 1 aromatic heterocycles. The van der Waals surface area contributed by atoms with Crippen LogP contribution in [0.1, 0.15) is 5.56 Å². The molecule has 2 heterocycles. The molecule has 0 saturated heterocycles. The van der Waals surface area contributed by atoms with Gasteiger partial charge in [0.15, 0.2) is 0 Å². The summed E-state index contributed by atoms with van der Waals surface area (Å²) in [4.78, 5) is 11.0. The number of nitrogens with zero attached hydrogens (tertiary/aromatic N) is 3. The van der Waals surface area contributed by atoms with E-state index < -0.39 is 0 Å². The van der Waals surface area contributed by atoms with E-state index in [2.05, 4.69) is 60.4 Å². The quantitative estimate of drug-likeness (QED) is 0.730. The first-order chi connectivity index (χ1) is 11.3. The number of aromatic nitrogens is 2. The molecule has 0 fully saturated rings. The third-order valence-electron chi connectivity index (χ3n) is 3.91. The van der Waals surface area contributed by atoms with Crippen LogP contribution < -0.4 is 10.2 Å². The van der Waals surface area contributed by atoms with Crippen molar-refractivity contribution in [3.05, 3.63) is 71.0 Å². The average molecular weight is 367 g/mol. The molecule has 0 aliphatic carbocycles. The number of rotatable bonds is 3. The Hall–Kier alpha value is -2.40. The van der Waals surface area contributed by atoms with Crippen molar-refractivity contribution in [1.29, 1.82) is 0 Å². The number of hydrogen-bond acceptors (Lipinski definition) is 4. The Kier molecular flexibility index (Phi) is 3.71. The summed E-state index contributed by atoms with van der Waals surface area (Å²) in [6.07, 6.45) is 2.66. The summed E-state index contributed by atoms with van der Waals surface area (Å²) >= 11 is 3.48. The van der Waals surface area contributed by atoms with Gasteiger partial charge in [0, 0.05) is 28.5 Å². The van der Waals surface area contributed by atoms with Crippen molar-refractivity contribution in [1.82, 2.24) is 9.97 Å². The molecule has 0 unspecified atom stereocenters. The van der Waals surface area contributed by atoms with Crippen LogP contribution in [0.4, 0.5) is 23.0 Å². The lowest BCUT2D eigenvalue weighted by atomic mass is 10.2. The number of benzene rings is 2. The summed E-state index contributed by atoms with van der Waals surface area (Å²) < 4.78 is 1.03. The molecule has 0 spiro atoms. The highest BCUT2D eigenvalue weighted by Gasteiger charge is 2.20. The molecular formula is C18H15BrN4. The van der Waals surface area contributed by atoms with Crippen LogP contribution in [-0.4, -0.2) is 16.5 Å². The minimum Gasteiger partial charge on any atom is -0.340 e. The van der Waals surface area contributed by atoms with Crippen molar-refractivity contribution in [2.75, 3.05) is 16.8 Å². The van der Waals surface area contributed by atoms with Gasteiger partial charge in [0.25, 0.3) is 0 Å². The summed E-state index contributed by atoms with van der Waals surface area (Å²) in [5.74, 6) is 1.71. The minimum atomic E-state index is 0.789. The predicted octanol–water partition coefficient (Wildman–Crippen LogP) is 4.68. The van der Waals surface area contributed by atoms with Crippen molar-refractivity contribution in [2.24, 2.45) is 0 Å². The highest BCUT2D eigenvalue weighted by molar-refractivity contribution is 9.10. The van der Waals surface area contributed by atoms with Crippen LogP contribution in [0.5, 0.6) is 0 Å². The van der Waals surface area contributed by atoms with Gasteiger partial charge < -0.3 is 10.2 Å². The van der Waals surface area contributed by atoms with Crippen LogP contribution in [0.2, 0.25) is 0 Å². The van der Waals surface area contributed by atoms with Crippen molar-refractivity contribution in [3.63, 3.8) is 0 Å². The summed E-state index contributed by atoms with van der Waals surface area (Å²) in [5.41, 5.74) is 3.60. The Labute approximate surface area is 143 Å². The molecule has 4 rings (SSSR count). The topological polar surface area (TPSA) is 41.0 Å². The summed E-state index contributed by atoms with van der Waals surface area (Å²) in [6, 6.07) is 18.5. The van der Waals surface area contributed by atoms with Gasteiger partial charge in [-0.2, -0.15) is 0 Å². The van der Waals surface area contributed by atoms with E-state index >= 15 is 0 Å². The smallest absolute Gasteiger partial charge is 0.138 e. The second-order valence-corrected chi connectivity index (χ2v) is 6.34. The Morgan fingerprint density at radius 3 is 2.83 bits per heavy atom. The molecule has 0 radical (unpaired) electrons. The van der Waals surface area contributed by atoms with Crippen molar-refractivity contribution < 1.29 is 0 Å². The number of anilines is 4. The van der Waals surface area contributed by atoms with Gasteiger partial charge in [-0.3, -0.25) is 0 Å². The lowest BCUT2D eigenvalue weighted by Gasteiger charge is -2.18. The Balaban J connectivity index is 1.62. The van der Waals surface area contributed by atoms with Gasteiger partial charge >= 0.3 is 0 Å². The number of halogens is 1. The van der Waals surface area contributed by atoms with E-state index in [0.717, 1.165) is 34.8 Å². The number of para-hydroxylation sites is 1. The minimum absolute atomic E-state index is 0.789. The Bertz CT molecular complexity index is 850. The zero-order valence-corrected chi connectivity index (χ0v) is 14.0. The second-order valence-electron chi connectivity index (χ2n) is 5.43. The molecule has 1 N–H and O–H groups in total. The first-order valence-electron chi connectivity index (χ1n) is 7.50. The third kappa shape index (κ3) is 2.92. The normalized spacial score (nSPS) is 13.0. The number of hydrogen-bond donors (Lipinski definition) is 1. The van der Waals surface area contributed by atoms with E-state index in [1.54, 1.807) is 6.33 Å². The fourth-order valence-electron chi connectivity index (χ4n) is 2.85. The molecule has 5 heteroatoms. The monoisotopic (exact) mass is 366 g/mol. The molecule has 1 aliphatic heterocycles. The maximum Gasteiger partial charge on any atom is 0.138 e. The lowest BCUT2D eigenvalue weighted by molar-refractivity contribution is 0.965. The molecular weight excluding hydrogens is 352 g/mol. The van der Waals surface area contributed by atoms with Crippen molar-refractivity contribution in [3.8, 4) is 0 Å². The summed E-state index contributed by atoms with van der Waals surface area (Å²) in [5, 5.41) is 3.32. The van der Waals surface area contributed by atoms with Gasteiger partial charge in [0.2, 0.25) is 0 Å². The predicted molar refractivity (Wildman–Crippen MR) is 96.6 cm³/mol. The first kappa shape index (κ1) is 14.2. The van der Waals surface area contributed by atoms with E-state index in [1.807, 2.05) is 30.3 Å². The summed E-state index contributed by atoms with van der Waals surface area (Å²) in [6.45, 7) is 0.951.